The van der Waals surface area contributed by atoms with Crippen LogP contribution in [0.4, 0.5) is 0 Å². The third-order valence-corrected chi connectivity index (χ3v) is 24.5. The number of hydrogen-bond donors (Lipinski definition) is 28. The lowest BCUT2D eigenvalue weighted by Gasteiger charge is -2.51. The zero-order valence-electron chi connectivity index (χ0n) is 66.4. The Morgan fingerprint density at radius 1 is 0.265 bits per heavy atom. The molecule has 8 fully saturated rings. The molecule has 85 heteroatoms. The third-order valence-electron chi connectivity index (χ3n) is 19.7. The molecule has 0 radical (unpaired) electrons. The van der Waals surface area contributed by atoms with E-state index in [9.17, 15) is 225 Å². The molecule has 0 aromatic rings. The second-order valence-corrected chi connectivity index (χ2v) is 40.2. The Balaban J connectivity index is 1.15. The van der Waals surface area contributed by atoms with Gasteiger partial charge in [0.15, 0.2) is 86.9 Å². The lowest BCUT2D eigenvalue weighted by Crippen LogP contribution is -2.72. The Hall–Kier alpha value is -4.95. The number of amides is 1. The minimum Gasteiger partial charge on any atom is -0.479 e. The zero-order chi connectivity index (χ0) is 103. The highest BCUT2D eigenvalue weighted by Gasteiger charge is 2.65. The molecule has 28 N–H and O–H groups in total. The minimum atomic E-state index is -6.56. The van der Waals surface area contributed by atoms with Gasteiger partial charge < -0.3 is 148 Å². The molecule has 3 unspecified atom stereocenters. The molecule has 0 aromatic heterocycles. The molecular weight excluding hydrogens is 2130 g/mol. The van der Waals surface area contributed by atoms with Gasteiger partial charge in [-0.05, 0) is 0 Å². The number of nitrogens with one attached hydrogen (secondary N) is 4. The van der Waals surface area contributed by atoms with Gasteiger partial charge in [0.1, 0.15) is 146 Å². The summed E-state index contributed by atoms with van der Waals surface area (Å²) in [4.78, 5) is 64.7. The summed E-state index contributed by atoms with van der Waals surface area (Å²) in [7, 11) is -61.0. The fourth-order valence-electron chi connectivity index (χ4n) is 14.2. The molecule has 75 nitrogen and oxygen atoms in total. The maximum Gasteiger partial charge on any atom is 0.397 e. The standard InChI is InChI=1S/C51H82N4O71S10/c1-7-17(57)22(62)48(113-26(7)40(66)67)114-28-10(4-106-131(87,88)89)110-45(14(19(28)59)52-8(2)56)118-32-21(61)23(63)49(121-37(32)41(68)69)117-30-12(6-108-133(93,94)95)112-47(16(55-129(81,82)83)31(30)124-134(96,97)98)120-34-25(65)36(126-136(102,103)104)51(123-39(34)43(72)73)116-29-11(5-107-132(90,91)92)111-46(15(20(29)60)54-128(78,79)80)119-33-24(64)35(125-135(99,100)101)50(122-38(33)42(70)71)115-27-9(3-105-130(84,85)86)109-44(74)13(18(27)58)53-127(75,76)77/h7,9-39,44-51,53-55,57-65,74H,3-6H2,1-2H3,(H,52,56)(H,66,67)(H,68,69)(H,70,71)(H,72,73)(H,75,76,77)(H,78,79,80)(H,81,82,83)(H,84,85,86)(H,87,88,89)(H,90,91,92)(H,93,94,95)(H,96,97,98)(H,99,100,101)(H,102,103,104)/t7-,9+,10+,11+,12+,13+,14+,15+,16+,17-,18+,19+,20+,21+,22+,23+,24-,25-,26?,27+,28+,29+,30+,31+,32-,33-,34-,35+,36+,37-,38+,39+,44?,45+,46+,47+,48-,49?,50+,51+/m0/s1. The van der Waals surface area contributed by atoms with Crippen molar-refractivity contribution >= 4 is 133 Å². The first kappa shape index (κ1) is 116. The molecule has 792 valence electrons. The van der Waals surface area contributed by atoms with Crippen LogP contribution < -0.4 is 19.5 Å². The van der Waals surface area contributed by atoms with E-state index in [1.54, 1.807) is 0 Å². The van der Waals surface area contributed by atoms with Gasteiger partial charge in [0.25, 0.3) is 0 Å². The Labute approximate surface area is 760 Å². The first-order valence-electron chi connectivity index (χ1n) is 36.3. The Bertz CT molecular complexity index is 5430. The molecule has 0 bridgehead atoms. The summed E-state index contributed by atoms with van der Waals surface area (Å²) in [5.74, 6) is -12.3. The van der Waals surface area contributed by atoms with E-state index in [1.807, 2.05) is 5.32 Å². The maximum atomic E-state index is 13.5. The predicted octanol–water partition coefficient (Wildman–Crippen LogP) is -19.7. The van der Waals surface area contributed by atoms with Crippen molar-refractivity contribution in [3.05, 3.63) is 0 Å². The number of hydrogen-bond acceptors (Lipinski definition) is 57. The normalized spacial score (nSPS) is 40.2. The predicted molar refractivity (Wildman–Crippen MR) is 392 cm³/mol. The van der Waals surface area contributed by atoms with Gasteiger partial charge in [-0.15, -0.1) is 0 Å². The highest BCUT2D eigenvalue weighted by molar-refractivity contribution is 7.84. The van der Waals surface area contributed by atoms with Crippen molar-refractivity contribution in [3.63, 3.8) is 0 Å². The molecule has 8 heterocycles. The van der Waals surface area contributed by atoms with Gasteiger partial charge in [0.05, 0.1) is 32.5 Å². The highest BCUT2D eigenvalue weighted by atomic mass is 32.3. The first-order valence-corrected chi connectivity index (χ1v) is 50.2. The fourth-order valence-corrected chi connectivity index (χ4v) is 18.7. The monoisotopic (exact) mass is 2210 g/mol. The van der Waals surface area contributed by atoms with E-state index >= 15 is 0 Å². The number of carbonyl (C=O) groups excluding carboxylic acids is 1. The van der Waals surface area contributed by atoms with Gasteiger partial charge in [0.2, 0.25) is 5.91 Å². The van der Waals surface area contributed by atoms with Gasteiger partial charge in [-0.1, -0.05) is 6.92 Å². The quantitative estimate of drug-likeness (QED) is 0.0252. The lowest BCUT2D eigenvalue weighted by atomic mass is 9.90. The molecule has 8 saturated heterocycles. The fraction of sp³-hybridized carbons (Fsp3) is 0.902. The number of carboxylic acids is 4. The summed E-state index contributed by atoms with van der Waals surface area (Å²) in [6, 6.07) is -11.7. The van der Waals surface area contributed by atoms with Crippen LogP contribution in [0.1, 0.15) is 13.8 Å². The van der Waals surface area contributed by atoms with Gasteiger partial charge in [-0.2, -0.15) is 98.3 Å². The molecule has 8 aliphatic heterocycles. The van der Waals surface area contributed by atoms with Crippen LogP contribution >= 0.6 is 0 Å². The number of ether oxygens (including phenoxy) is 15. The maximum absolute atomic E-state index is 13.5. The summed E-state index contributed by atoms with van der Waals surface area (Å²) in [5.41, 5.74) is 0. The molecular formula is C51H82N4O71S10. The van der Waals surface area contributed by atoms with Crippen LogP contribution in [0.3, 0.4) is 0 Å². The third kappa shape index (κ3) is 32.0. The molecule has 8 aliphatic rings. The number of aliphatic hydroxyl groups excluding tert-OH is 10. The molecule has 0 aromatic carbocycles. The Morgan fingerprint density at radius 2 is 0.529 bits per heavy atom. The van der Waals surface area contributed by atoms with Crippen molar-refractivity contribution in [2.45, 2.75) is 253 Å². The molecule has 0 aliphatic carbocycles. The molecule has 1 amide bonds. The van der Waals surface area contributed by atoms with E-state index in [0.717, 1.165) is 16.4 Å². The van der Waals surface area contributed by atoms with Gasteiger partial charge in [-0.3, -0.25) is 50.3 Å². The average molecular weight is 2210 g/mol. The van der Waals surface area contributed by atoms with Crippen molar-refractivity contribution in [3.8, 4) is 0 Å². The second kappa shape index (κ2) is 44.7. The van der Waals surface area contributed by atoms with Crippen molar-refractivity contribution in [1.82, 2.24) is 19.5 Å². The van der Waals surface area contributed by atoms with E-state index in [1.165, 1.54) is 4.72 Å². The molecule has 0 saturated carbocycles. The number of carbonyl (C=O) groups is 5. The molecule has 40 atom stereocenters. The number of carboxylic acid groups (broad SMARTS) is 4. The van der Waals surface area contributed by atoms with Gasteiger partial charge in [0, 0.05) is 12.8 Å². The van der Waals surface area contributed by atoms with Gasteiger partial charge in [-0.25, -0.2) is 48.5 Å². The number of aliphatic hydroxyl groups is 10. The molecule has 8 rings (SSSR count). The van der Waals surface area contributed by atoms with E-state index in [4.69, 9.17) is 71.1 Å². The largest absolute Gasteiger partial charge is 0.479 e. The summed E-state index contributed by atoms with van der Waals surface area (Å²) in [6.07, 6.45) is -106. The Kier molecular flexibility index (Phi) is 38.2. The van der Waals surface area contributed by atoms with Crippen molar-refractivity contribution in [2.75, 3.05) is 26.4 Å². The zero-order valence-corrected chi connectivity index (χ0v) is 74.6. The Morgan fingerprint density at radius 3 is 0.875 bits per heavy atom. The van der Waals surface area contributed by atoms with Gasteiger partial charge >= 0.3 is 128 Å². The van der Waals surface area contributed by atoms with E-state index in [-0.39, 0.29) is 0 Å². The number of aliphatic carboxylic acids is 4. The van der Waals surface area contributed by atoms with Crippen LogP contribution in [0.5, 0.6) is 0 Å². The SMILES string of the molecule is CC(=O)N[C@H]1[C@@H](O[C@H]2[C@H](O)[C@@H](O)C(O[C@H]3[C@H](OS(=O)(=O)O)[C@@H](NS(=O)(=O)O)[C@@H](O[C@H]4[C@H](O)[C@@H](OS(=O)(=O)O)[C@H](O[C@H]5[C@H](O)[C@@H](NS(=O)(=O)O)[C@@H](O[C@H]6[C@H](O)[C@@H](OS(=O)(=O)O)[C@H](O[C@H]7[C@H](O)[C@@H](NS(=O)(=O)O)C(O)O[C@@H]7COS(=O)(=O)O)O[C@H]6C(=O)O)O[C@@H]5COS(=O)(=O)O)O[C@H]4C(=O)O)O[C@@H]3COS(=O)(=O)O)O[C@@H]2C(=O)O)O[C@H](COS(=O)(=O)O)[C@@H](O[C@@H]2OC(C(=O)O)[C@@H](C)[C@H](O)[C@H]2O)[C@@H]1O. The summed E-state index contributed by atoms with van der Waals surface area (Å²) >= 11 is 0. The smallest absolute Gasteiger partial charge is 0.397 e. The van der Waals surface area contributed by atoms with Crippen LogP contribution in [0.2, 0.25) is 0 Å². The first-order chi connectivity index (χ1) is 61.8. The van der Waals surface area contributed by atoms with Crippen LogP contribution in [0.15, 0.2) is 0 Å². The van der Waals surface area contributed by atoms with Crippen molar-refractivity contribution < 1.29 is 326 Å². The molecule has 136 heavy (non-hydrogen) atoms. The number of rotatable bonds is 43. The molecule has 0 spiro atoms. The average Bonchev–Trinajstić information content (AvgIpc) is 0.760. The minimum absolute atomic E-state index is 0.685. The van der Waals surface area contributed by atoms with E-state index in [2.05, 4.69) is 29.3 Å². The van der Waals surface area contributed by atoms with Crippen molar-refractivity contribution in [1.29, 1.82) is 0 Å². The van der Waals surface area contributed by atoms with E-state index in [0.29, 0.717) is 6.92 Å². The van der Waals surface area contributed by atoms with Crippen LogP contribution in [0.25, 0.3) is 0 Å². The summed E-state index contributed by atoms with van der Waals surface area (Å²) in [5, 5.41) is 159. The van der Waals surface area contributed by atoms with Crippen LogP contribution in [-0.4, -0.2) is 497 Å². The van der Waals surface area contributed by atoms with Crippen molar-refractivity contribution in [2.24, 2.45) is 5.92 Å². The lowest BCUT2D eigenvalue weighted by molar-refractivity contribution is -0.379. The van der Waals surface area contributed by atoms with Crippen LogP contribution in [-0.2, 0) is 228 Å². The summed E-state index contributed by atoms with van der Waals surface area (Å²) < 4.78 is 461. The summed E-state index contributed by atoms with van der Waals surface area (Å²) in [6.45, 7) is -5.85. The topological polar surface area (TPSA) is 1160 Å². The highest BCUT2D eigenvalue weighted by Crippen LogP contribution is 2.42. The van der Waals surface area contributed by atoms with E-state index < -0.39 is 405 Å². The van der Waals surface area contributed by atoms with Crippen LogP contribution in [0, 0.1) is 5.92 Å². The second-order valence-electron chi connectivity index (χ2n) is 29.1.